The summed E-state index contributed by atoms with van der Waals surface area (Å²) < 4.78 is 82.2. The third-order valence-electron chi connectivity index (χ3n) is 5.75. The molecule has 0 aliphatic carbocycles. The van der Waals surface area contributed by atoms with Gasteiger partial charge in [0.25, 0.3) is 0 Å². The molecule has 4 unspecified atom stereocenters. The molecule has 2 aromatic heterocycles. The number of amides is 1. The number of aromatic nitrogens is 4. The SMILES string of the molecule is CC1Cc2nn(Cc3ccnc(C(F)(F)F)c3F)c(=O)n2C(C(=O)N2CC(F)C(F)C2)C1. The van der Waals surface area contributed by atoms with Gasteiger partial charge in [0.05, 0.1) is 19.6 Å². The molecule has 0 aromatic carbocycles. The highest BCUT2D eigenvalue weighted by Crippen LogP contribution is 2.32. The number of rotatable bonds is 3. The summed E-state index contributed by atoms with van der Waals surface area (Å²) in [5, 5.41) is 4.10. The van der Waals surface area contributed by atoms with Crippen molar-refractivity contribution >= 4 is 5.91 Å². The molecule has 4 atom stereocenters. The molecular weight excluding hydrogens is 444 g/mol. The van der Waals surface area contributed by atoms with Crippen LogP contribution in [0.3, 0.4) is 0 Å². The number of hydrogen-bond acceptors (Lipinski definition) is 4. The minimum atomic E-state index is -5.01. The van der Waals surface area contributed by atoms with Gasteiger partial charge in [-0.25, -0.2) is 27.6 Å². The van der Waals surface area contributed by atoms with Gasteiger partial charge >= 0.3 is 11.9 Å². The van der Waals surface area contributed by atoms with Gasteiger partial charge in [-0.15, -0.1) is 0 Å². The van der Waals surface area contributed by atoms with E-state index in [2.05, 4.69) is 10.1 Å². The molecule has 32 heavy (non-hydrogen) atoms. The number of likely N-dealkylation sites (tertiary alicyclic amines) is 1. The summed E-state index contributed by atoms with van der Waals surface area (Å²) in [5.74, 6) is -2.13. The molecule has 0 radical (unpaired) electrons. The maximum Gasteiger partial charge on any atom is 0.436 e. The fourth-order valence-electron chi connectivity index (χ4n) is 4.19. The first-order valence-corrected chi connectivity index (χ1v) is 9.93. The Bertz CT molecular complexity index is 1090. The van der Waals surface area contributed by atoms with Crippen LogP contribution in [0.25, 0.3) is 0 Å². The minimum Gasteiger partial charge on any atom is -0.335 e. The van der Waals surface area contributed by atoms with Gasteiger partial charge in [0.15, 0.2) is 23.9 Å². The van der Waals surface area contributed by atoms with Crippen LogP contribution in [0.2, 0.25) is 0 Å². The zero-order valence-electron chi connectivity index (χ0n) is 16.8. The normalized spacial score (nSPS) is 25.8. The topological polar surface area (TPSA) is 73.0 Å². The van der Waals surface area contributed by atoms with Crippen LogP contribution in [-0.4, -0.2) is 55.6 Å². The molecule has 13 heteroatoms. The van der Waals surface area contributed by atoms with E-state index in [1.54, 1.807) is 0 Å². The van der Waals surface area contributed by atoms with Crippen molar-refractivity contribution < 1.29 is 31.1 Å². The van der Waals surface area contributed by atoms with Crippen LogP contribution in [0.1, 0.15) is 36.5 Å². The second-order valence-corrected chi connectivity index (χ2v) is 8.19. The third kappa shape index (κ3) is 3.88. The van der Waals surface area contributed by atoms with Gasteiger partial charge in [0.2, 0.25) is 5.91 Å². The Labute approximate surface area is 177 Å². The molecule has 2 aliphatic heterocycles. The van der Waals surface area contributed by atoms with Crippen molar-refractivity contribution in [2.45, 2.75) is 50.9 Å². The van der Waals surface area contributed by atoms with Crippen molar-refractivity contribution in [2.75, 3.05) is 13.1 Å². The smallest absolute Gasteiger partial charge is 0.335 e. The van der Waals surface area contributed by atoms with Crippen LogP contribution in [0, 0.1) is 11.7 Å². The predicted molar refractivity (Wildman–Crippen MR) is 97.7 cm³/mol. The zero-order valence-corrected chi connectivity index (χ0v) is 16.8. The van der Waals surface area contributed by atoms with Crippen molar-refractivity contribution in [3.63, 3.8) is 0 Å². The van der Waals surface area contributed by atoms with Gasteiger partial charge in [-0.05, 0) is 18.4 Å². The second kappa shape index (κ2) is 7.93. The fraction of sp³-hybridized carbons (Fsp3) is 0.579. The molecule has 4 rings (SSSR count). The summed E-state index contributed by atoms with van der Waals surface area (Å²) in [6, 6.07) is -0.0475. The maximum atomic E-state index is 14.3. The van der Waals surface area contributed by atoms with Gasteiger partial charge in [0.1, 0.15) is 11.9 Å². The van der Waals surface area contributed by atoms with Gasteiger partial charge in [-0.1, -0.05) is 6.92 Å². The van der Waals surface area contributed by atoms with Crippen molar-refractivity contribution in [3.05, 3.63) is 45.6 Å². The lowest BCUT2D eigenvalue weighted by molar-refractivity contribution is -0.143. The highest BCUT2D eigenvalue weighted by Gasteiger charge is 2.42. The predicted octanol–water partition coefficient (Wildman–Crippen LogP) is 2.29. The lowest BCUT2D eigenvalue weighted by atomic mass is 9.93. The monoisotopic (exact) mass is 463 g/mol. The van der Waals surface area contributed by atoms with Crippen LogP contribution in [0.5, 0.6) is 0 Å². The molecule has 0 N–H and O–H groups in total. The van der Waals surface area contributed by atoms with Crippen molar-refractivity contribution in [3.8, 4) is 0 Å². The number of fused-ring (bicyclic) bond motifs is 1. The summed E-state index contributed by atoms with van der Waals surface area (Å²) in [5.41, 5.74) is -2.96. The molecule has 1 saturated heterocycles. The molecule has 2 aliphatic rings. The summed E-state index contributed by atoms with van der Waals surface area (Å²) >= 11 is 0. The Morgan fingerprint density at radius 2 is 1.88 bits per heavy atom. The number of carbonyl (C=O) groups is 1. The Hall–Kier alpha value is -2.86. The number of nitrogens with zero attached hydrogens (tertiary/aromatic N) is 5. The highest BCUT2D eigenvalue weighted by molar-refractivity contribution is 5.81. The lowest BCUT2D eigenvalue weighted by Crippen LogP contribution is -2.43. The second-order valence-electron chi connectivity index (χ2n) is 8.19. The van der Waals surface area contributed by atoms with Crippen LogP contribution in [-0.2, 0) is 23.9 Å². The number of hydrogen-bond donors (Lipinski definition) is 0. The molecule has 7 nitrogen and oxygen atoms in total. The third-order valence-corrected chi connectivity index (χ3v) is 5.75. The average Bonchev–Trinajstić information content (AvgIpc) is 3.20. The Morgan fingerprint density at radius 1 is 1.22 bits per heavy atom. The van der Waals surface area contributed by atoms with Crippen LogP contribution in [0.4, 0.5) is 26.3 Å². The summed E-state index contributed by atoms with van der Waals surface area (Å²) in [4.78, 5) is 29.9. The van der Waals surface area contributed by atoms with E-state index in [1.807, 2.05) is 6.92 Å². The van der Waals surface area contributed by atoms with E-state index >= 15 is 0 Å². The molecule has 1 amide bonds. The van der Waals surface area contributed by atoms with Crippen LogP contribution < -0.4 is 5.69 Å². The summed E-state index contributed by atoms with van der Waals surface area (Å²) in [6.45, 7) is 0.358. The Balaban J connectivity index is 1.67. The number of alkyl halides is 5. The van der Waals surface area contributed by atoms with E-state index in [0.717, 1.165) is 26.4 Å². The first kappa shape index (κ1) is 22.3. The van der Waals surface area contributed by atoms with Crippen molar-refractivity contribution in [2.24, 2.45) is 5.92 Å². The van der Waals surface area contributed by atoms with Crippen LogP contribution >= 0.6 is 0 Å². The highest BCUT2D eigenvalue weighted by atomic mass is 19.4. The Morgan fingerprint density at radius 3 is 2.50 bits per heavy atom. The largest absolute Gasteiger partial charge is 0.436 e. The van der Waals surface area contributed by atoms with E-state index in [9.17, 15) is 35.9 Å². The maximum absolute atomic E-state index is 14.3. The number of halogens is 6. The van der Waals surface area contributed by atoms with Gasteiger partial charge in [-0.2, -0.15) is 18.3 Å². The van der Waals surface area contributed by atoms with E-state index in [1.165, 1.54) is 0 Å². The van der Waals surface area contributed by atoms with E-state index in [0.29, 0.717) is 6.42 Å². The van der Waals surface area contributed by atoms with E-state index in [4.69, 9.17) is 0 Å². The minimum absolute atomic E-state index is 0.0915. The molecular formula is C19H19F6N5O2. The molecule has 2 aromatic rings. The molecule has 0 spiro atoms. The molecule has 0 saturated carbocycles. The zero-order chi connectivity index (χ0) is 23.4. The fourth-order valence-corrected chi connectivity index (χ4v) is 4.19. The van der Waals surface area contributed by atoms with E-state index < -0.39 is 72.9 Å². The van der Waals surface area contributed by atoms with Gasteiger partial charge in [-0.3, -0.25) is 9.36 Å². The van der Waals surface area contributed by atoms with Gasteiger partial charge < -0.3 is 4.90 Å². The van der Waals surface area contributed by atoms with E-state index in [-0.39, 0.29) is 18.2 Å². The standard InChI is InChI=1S/C19H19F6N5O2/c1-9-4-13(17(31)28-7-11(20)12(21)8-28)30-14(5-9)27-29(18(30)32)6-10-2-3-26-16(15(10)22)19(23,24)25/h2-3,9,11-13H,4-8H2,1H3. The molecule has 0 bridgehead atoms. The van der Waals surface area contributed by atoms with Crippen molar-refractivity contribution in [1.82, 2.24) is 24.2 Å². The quantitative estimate of drug-likeness (QED) is 0.655. The number of pyridine rings is 1. The molecule has 4 heterocycles. The molecule has 174 valence electrons. The first-order chi connectivity index (χ1) is 15.0. The average molecular weight is 463 g/mol. The summed E-state index contributed by atoms with van der Waals surface area (Å²) in [7, 11) is 0. The van der Waals surface area contributed by atoms with Gasteiger partial charge in [0, 0.05) is 18.2 Å². The first-order valence-electron chi connectivity index (χ1n) is 9.93. The van der Waals surface area contributed by atoms with Crippen molar-refractivity contribution in [1.29, 1.82) is 0 Å². The molecule has 1 fully saturated rings. The summed E-state index contributed by atoms with van der Waals surface area (Å²) in [6.07, 6.45) is -7.32. The Kier molecular flexibility index (Phi) is 5.53. The number of carbonyl (C=O) groups excluding carboxylic acids is 1. The lowest BCUT2D eigenvalue weighted by Gasteiger charge is -2.29. The van der Waals surface area contributed by atoms with Crippen LogP contribution in [0.15, 0.2) is 17.1 Å².